The van der Waals surface area contributed by atoms with E-state index in [2.05, 4.69) is 10.3 Å². The molecule has 0 spiro atoms. The van der Waals surface area contributed by atoms with Gasteiger partial charge < -0.3 is 24.1 Å². The summed E-state index contributed by atoms with van der Waals surface area (Å²) in [5.74, 6) is 1.37. The number of aromatic nitrogens is 1. The van der Waals surface area contributed by atoms with Crippen LogP contribution < -0.4 is 5.32 Å². The van der Waals surface area contributed by atoms with Crippen molar-refractivity contribution >= 4 is 23.6 Å². The van der Waals surface area contributed by atoms with E-state index in [1.54, 1.807) is 11.8 Å². The summed E-state index contributed by atoms with van der Waals surface area (Å²) in [6.07, 6.45) is 0.630. The van der Waals surface area contributed by atoms with Crippen molar-refractivity contribution in [2.75, 3.05) is 44.4 Å². The van der Waals surface area contributed by atoms with Crippen LogP contribution in [0.4, 0.5) is 0 Å². The van der Waals surface area contributed by atoms with Crippen molar-refractivity contribution in [2.24, 2.45) is 5.92 Å². The number of nitrogens with zero attached hydrogens (tertiary/aromatic N) is 2. The molecule has 1 N–H and O–H groups in total. The van der Waals surface area contributed by atoms with Crippen molar-refractivity contribution in [3.05, 3.63) is 41.8 Å². The van der Waals surface area contributed by atoms with Gasteiger partial charge in [0.15, 0.2) is 0 Å². The first-order valence-corrected chi connectivity index (χ1v) is 12.0. The predicted molar refractivity (Wildman–Crippen MR) is 121 cm³/mol. The molecule has 2 amide bonds. The molecule has 8 nitrogen and oxygen atoms in total. The van der Waals surface area contributed by atoms with Crippen LogP contribution in [-0.2, 0) is 25.5 Å². The number of hydrogen-bond donors (Lipinski definition) is 1. The number of amides is 2. The number of nitrogens with one attached hydrogen (secondary N) is 1. The van der Waals surface area contributed by atoms with Gasteiger partial charge in [-0.2, -0.15) is 11.8 Å². The summed E-state index contributed by atoms with van der Waals surface area (Å²) >= 11 is 1.83. The Hall–Kier alpha value is -2.36. The molecule has 2 aromatic rings. The van der Waals surface area contributed by atoms with Gasteiger partial charge in [-0.25, -0.2) is 4.98 Å². The Morgan fingerprint density at radius 1 is 1.19 bits per heavy atom. The molecular weight excluding hydrogens is 430 g/mol. The smallest absolute Gasteiger partial charge is 0.280 e. The maximum atomic E-state index is 12.6. The molecule has 2 saturated heterocycles. The largest absolute Gasteiger partial charge is 0.441 e. The predicted octanol–water partition coefficient (Wildman–Crippen LogP) is 2.26. The molecule has 2 fully saturated rings. The third-order valence-corrected chi connectivity index (χ3v) is 6.70. The fraction of sp³-hybridized carbons (Fsp3) is 0.522. The highest BCUT2D eigenvalue weighted by Gasteiger charge is 2.41. The van der Waals surface area contributed by atoms with Gasteiger partial charge in [-0.05, 0) is 26.0 Å². The third kappa shape index (κ3) is 5.33. The first-order chi connectivity index (χ1) is 15.4. The van der Waals surface area contributed by atoms with E-state index in [-0.39, 0.29) is 18.4 Å². The lowest BCUT2D eigenvalue weighted by atomic mass is 10.0. The average Bonchev–Trinajstić information content (AvgIpc) is 3.20. The van der Waals surface area contributed by atoms with Gasteiger partial charge in [0.05, 0.1) is 25.5 Å². The van der Waals surface area contributed by atoms with Gasteiger partial charge in [0, 0.05) is 42.5 Å². The number of hydrogen-bond acceptors (Lipinski definition) is 7. The van der Waals surface area contributed by atoms with Gasteiger partial charge in [0.25, 0.3) is 5.91 Å². The zero-order chi connectivity index (χ0) is 22.6. The summed E-state index contributed by atoms with van der Waals surface area (Å²) in [4.78, 5) is 31.3. The van der Waals surface area contributed by atoms with Crippen molar-refractivity contribution in [1.29, 1.82) is 0 Å². The van der Waals surface area contributed by atoms with E-state index in [1.165, 1.54) is 0 Å². The number of oxazole rings is 1. The van der Waals surface area contributed by atoms with E-state index in [0.29, 0.717) is 25.5 Å². The highest BCUT2D eigenvalue weighted by molar-refractivity contribution is 7.99. The molecule has 0 unspecified atom stereocenters. The Morgan fingerprint density at radius 2 is 1.88 bits per heavy atom. The molecule has 32 heavy (non-hydrogen) atoms. The molecule has 0 atom stereocenters. The zero-order valence-electron chi connectivity index (χ0n) is 18.5. The normalized spacial score (nSPS) is 23.7. The summed E-state index contributed by atoms with van der Waals surface area (Å²) in [5.41, 5.74) is 1.79. The summed E-state index contributed by atoms with van der Waals surface area (Å²) in [6, 6.07) is 9.76. The fourth-order valence-corrected chi connectivity index (χ4v) is 4.63. The van der Waals surface area contributed by atoms with Crippen molar-refractivity contribution in [3.8, 4) is 11.5 Å². The number of ether oxygens (including phenoxy) is 2. The van der Waals surface area contributed by atoms with Gasteiger partial charge in [-0.3, -0.25) is 9.59 Å². The van der Waals surface area contributed by atoms with Crippen LogP contribution in [0.5, 0.6) is 0 Å². The van der Waals surface area contributed by atoms with Gasteiger partial charge in [0.1, 0.15) is 5.76 Å². The summed E-state index contributed by atoms with van der Waals surface area (Å²) in [7, 11) is 0. The van der Waals surface area contributed by atoms with Crippen molar-refractivity contribution < 1.29 is 23.5 Å². The molecule has 172 valence electrons. The topological polar surface area (TPSA) is 93.9 Å². The van der Waals surface area contributed by atoms with Gasteiger partial charge >= 0.3 is 0 Å². The molecule has 0 bridgehead atoms. The second kappa shape index (κ2) is 10.1. The van der Waals surface area contributed by atoms with Gasteiger partial charge in [0.2, 0.25) is 17.6 Å². The quantitative estimate of drug-likeness (QED) is 0.708. The number of rotatable bonds is 6. The molecule has 3 heterocycles. The Balaban J connectivity index is 1.27. The van der Waals surface area contributed by atoms with E-state index < -0.39 is 11.7 Å². The lowest BCUT2D eigenvalue weighted by molar-refractivity contribution is -0.259. The lowest BCUT2D eigenvalue weighted by Crippen LogP contribution is -2.55. The molecule has 4 rings (SSSR count). The monoisotopic (exact) mass is 459 g/mol. The number of carbonyl (C=O) groups excluding carboxylic acids is 2. The van der Waals surface area contributed by atoms with Crippen molar-refractivity contribution in [3.63, 3.8) is 0 Å². The second-order valence-electron chi connectivity index (χ2n) is 8.20. The molecular formula is C23H29N3O5S. The highest BCUT2D eigenvalue weighted by atomic mass is 32.2. The molecule has 2 aliphatic heterocycles. The van der Waals surface area contributed by atoms with E-state index in [0.717, 1.165) is 41.6 Å². The average molecular weight is 460 g/mol. The molecule has 2 aliphatic rings. The van der Waals surface area contributed by atoms with Crippen LogP contribution in [0.2, 0.25) is 0 Å². The van der Waals surface area contributed by atoms with E-state index in [1.807, 2.05) is 49.0 Å². The molecule has 1 aromatic carbocycles. The van der Waals surface area contributed by atoms with Crippen LogP contribution in [0.25, 0.3) is 11.5 Å². The number of aryl methyl sites for hydroxylation is 1. The molecule has 0 radical (unpaired) electrons. The Kier molecular flexibility index (Phi) is 7.17. The van der Waals surface area contributed by atoms with Crippen LogP contribution >= 0.6 is 11.8 Å². The van der Waals surface area contributed by atoms with Crippen LogP contribution in [-0.4, -0.2) is 71.8 Å². The maximum Gasteiger partial charge on any atom is 0.280 e. The first-order valence-electron chi connectivity index (χ1n) is 10.9. The van der Waals surface area contributed by atoms with Gasteiger partial charge in [-0.15, -0.1) is 0 Å². The number of benzene rings is 1. The third-order valence-electron chi connectivity index (χ3n) is 5.76. The Morgan fingerprint density at radius 3 is 2.56 bits per heavy atom. The molecule has 0 aliphatic carbocycles. The van der Waals surface area contributed by atoms with E-state index in [9.17, 15) is 9.59 Å². The van der Waals surface area contributed by atoms with Gasteiger partial charge in [-0.1, -0.05) is 18.2 Å². The van der Waals surface area contributed by atoms with E-state index >= 15 is 0 Å². The zero-order valence-corrected chi connectivity index (χ0v) is 19.3. The fourth-order valence-electron chi connectivity index (χ4n) is 3.73. The Labute approximate surface area is 192 Å². The minimum atomic E-state index is -1.40. The minimum absolute atomic E-state index is 0.0460. The molecule has 1 aromatic heterocycles. The molecule has 0 saturated carbocycles. The van der Waals surface area contributed by atoms with E-state index in [4.69, 9.17) is 13.9 Å². The van der Waals surface area contributed by atoms with Crippen LogP contribution in [0, 0.1) is 12.8 Å². The minimum Gasteiger partial charge on any atom is -0.441 e. The summed E-state index contributed by atoms with van der Waals surface area (Å²) in [5, 5.41) is 2.67. The summed E-state index contributed by atoms with van der Waals surface area (Å²) < 4.78 is 17.4. The number of carbonyl (C=O) groups is 2. The van der Waals surface area contributed by atoms with Crippen molar-refractivity contribution in [1.82, 2.24) is 15.2 Å². The number of thioether (sulfide) groups is 1. The first kappa shape index (κ1) is 22.8. The van der Waals surface area contributed by atoms with Crippen LogP contribution in [0.1, 0.15) is 18.4 Å². The lowest BCUT2D eigenvalue weighted by Gasteiger charge is -2.36. The second-order valence-corrected chi connectivity index (χ2v) is 9.43. The Bertz CT molecular complexity index is 934. The van der Waals surface area contributed by atoms with Crippen LogP contribution in [0.3, 0.4) is 0 Å². The SMILES string of the molecule is Cc1oc(-c2ccccc2)nc1CC1COC(C)(C(=O)NCC(=O)N2CCSCC2)OC1. The standard InChI is InChI=1S/C23H29N3O5S/c1-16-19(25-21(31-16)18-6-4-3-5-7-18)12-17-14-29-23(2,30-15-17)22(28)24-13-20(27)26-8-10-32-11-9-26/h3-7,17H,8-15H2,1-2H3,(H,24,28). The highest BCUT2D eigenvalue weighted by Crippen LogP contribution is 2.27. The molecule has 9 heteroatoms. The summed E-state index contributed by atoms with van der Waals surface area (Å²) in [6.45, 7) is 5.60. The van der Waals surface area contributed by atoms with Crippen LogP contribution in [0.15, 0.2) is 34.7 Å². The maximum absolute atomic E-state index is 12.6. The van der Waals surface area contributed by atoms with Crippen molar-refractivity contribution in [2.45, 2.75) is 26.1 Å².